The third-order valence-electron chi connectivity index (χ3n) is 3.79. The van der Waals surface area contributed by atoms with E-state index < -0.39 is 23.7 Å². The van der Waals surface area contributed by atoms with E-state index in [1.165, 1.54) is 19.2 Å². The molecule has 0 radical (unpaired) electrons. The first kappa shape index (κ1) is 18.8. The number of aryl methyl sites for hydroxylation is 1. The molecule has 0 spiro atoms. The van der Waals surface area contributed by atoms with E-state index in [4.69, 9.17) is 10.5 Å². The quantitative estimate of drug-likeness (QED) is 0.867. The van der Waals surface area contributed by atoms with E-state index in [2.05, 4.69) is 5.32 Å². The zero-order chi connectivity index (χ0) is 18.6. The van der Waals surface area contributed by atoms with Crippen LogP contribution in [0.25, 0.3) is 0 Å². The second kappa shape index (κ2) is 7.57. The molecular formula is C18H19F3N2O2. The standard InChI is InChI=1S/C18H19F3N2O2/c1-11-3-5-12(6-4-11)16(22)17(24)23-10-13-7-8-14(25-2)9-15(13)18(19,20)21/h3-9,16H,10,22H2,1-2H3,(H,23,24). The SMILES string of the molecule is COc1ccc(CNC(=O)C(N)c2ccc(C)cc2)c(C(F)(F)F)c1. The minimum absolute atomic E-state index is 0.0576. The molecule has 7 heteroatoms. The largest absolute Gasteiger partial charge is 0.497 e. The molecule has 0 fully saturated rings. The second-order valence-corrected chi connectivity index (χ2v) is 5.63. The summed E-state index contributed by atoms with van der Waals surface area (Å²) in [5.41, 5.74) is 6.57. The van der Waals surface area contributed by atoms with E-state index in [9.17, 15) is 18.0 Å². The van der Waals surface area contributed by atoms with Crippen molar-refractivity contribution in [3.8, 4) is 5.75 Å². The third kappa shape index (κ3) is 4.73. The maximum absolute atomic E-state index is 13.2. The summed E-state index contributed by atoms with van der Waals surface area (Å²) >= 11 is 0. The number of alkyl halides is 3. The first-order valence-corrected chi connectivity index (χ1v) is 7.56. The van der Waals surface area contributed by atoms with E-state index in [-0.39, 0.29) is 17.9 Å². The molecule has 0 saturated carbocycles. The first-order chi connectivity index (χ1) is 11.7. The molecule has 25 heavy (non-hydrogen) atoms. The van der Waals surface area contributed by atoms with Gasteiger partial charge in [0.1, 0.15) is 11.8 Å². The number of rotatable bonds is 5. The third-order valence-corrected chi connectivity index (χ3v) is 3.79. The molecule has 2 aromatic rings. The van der Waals surface area contributed by atoms with Crippen LogP contribution >= 0.6 is 0 Å². The summed E-state index contributed by atoms with van der Waals surface area (Å²) in [7, 11) is 1.29. The monoisotopic (exact) mass is 352 g/mol. The summed E-state index contributed by atoms with van der Waals surface area (Å²) in [5, 5.41) is 2.46. The van der Waals surface area contributed by atoms with Gasteiger partial charge in [-0.05, 0) is 30.2 Å². The first-order valence-electron chi connectivity index (χ1n) is 7.56. The zero-order valence-electron chi connectivity index (χ0n) is 13.9. The highest BCUT2D eigenvalue weighted by molar-refractivity contribution is 5.82. The lowest BCUT2D eigenvalue weighted by Gasteiger charge is -2.17. The van der Waals surface area contributed by atoms with Crippen molar-refractivity contribution in [1.82, 2.24) is 5.32 Å². The Hall–Kier alpha value is -2.54. The Labute approximate surface area is 143 Å². The van der Waals surface area contributed by atoms with E-state index in [0.29, 0.717) is 5.56 Å². The van der Waals surface area contributed by atoms with Gasteiger partial charge in [0.25, 0.3) is 0 Å². The van der Waals surface area contributed by atoms with Gasteiger partial charge in [-0.15, -0.1) is 0 Å². The van der Waals surface area contributed by atoms with Gasteiger partial charge in [0.15, 0.2) is 0 Å². The molecule has 1 amide bonds. The van der Waals surface area contributed by atoms with Crippen LogP contribution in [0.1, 0.15) is 28.3 Å². The molecule has 134 valence electrons. The Balaban J connectivity index is 2.12. The van der Waals surface area contributed by atoms with Crippen molar-refractivity contribution in [2.24, 2.45) is 5.73 Å². The molecule has 0 aliphatic heterocycles. The lowest BCUT2D eigenvalue weighted by atomic mass is 10.0. The van der Waals surface area contributed by atoms with Gasteiger partial charge in [0.2, 0.25) is 5.91 Å². The predicted octanol–water partition coefficient (Wildman–Crippen LogP) is 3.34. The normalized spacial score (nSPS) is 12.6. The summed E-state index contributed by atoms with van der Waals surface area (Å²) < 4.78 is 44.3. The number of amides is 1. The minimum Gasteiger partial charge on any atom is -0.497 e. The van der Waals surface area contributed by atoms with Gasteiger partial charge in [-0.3, -0.25) is 4.79 Å². The Morgan fingerprint density at radius 2 is 1.84 bits per heavy atom. The number of hydrogen-bond donors (Lipinski definition) is 2. The lowest BCUT2D eigenvalue weighted by Crippen LogP contribution is -2.34. The maximum Gasteiger partial charge on any atom is 0.416 e. The molecule has 0 heterocycles. The number of hydrogen-bond acceptors (Lipinski definition) is 3. The Morgan fingerprint density at radius 1 is 1.20 bits per heavy atom. The topological polar surface area (TPSA) is 64.3 Å². The molecular weight excluding hydrogens is 333 g/mol. The van der Waals surface area contributed by atoms with Crippen LogP contribution in [-0.2, 0) is 17.5 Å². The summed E-state index contributed by atoms with van der Waals surface area (Å²) in [4.78, 5) is 12.1. The number of carbonyl (C=O) groups excluding carboxylic acids is 1. The van der Waals surface area contributed by atoms with Crippen LogP contribution in [0.5, 0.6) is 5.75 Å². The molecule has 0 bridgehead atoms. The molecule has 1 unspecified atom stereocenters. The second-order valence-electron chi connectivity index (χ2n) is 5.63. The molecule has 3 N–H and O–H groups in total. The van der Waals surface area contributed by atoms with Crippen LogP contribution in [0.15, 0.2) is 42.5 Å². The highest BCUT2D eigenvalue weighted by Gasteiger charge is 2.34. The number of benzene rings is 2. The predicted molar refractivity (Wildman–Crippen MR) is 88.0 cm³/mol. The molecule has 0 aromatic heterocycles. The summed E-state index contributed by atoms with van der Waals surface area (Å²) in [6, 6.07) is 9.70. The smallest absolute Gasteiger partial charge is 0.416 e. The van der Waals surface area contributed by atoms with Gasteiger partial charge >= 0.3 is 6.18 Å². The van der Waals surface area contributed by atoms with Gasteiger partial charge in [-0.2, -0.15) is 13.2 Å². The fourth-order valence-corrected chi connectivity index (χ4v) is 2.32. The van der Waals surface area contributed by atoms with Crippen LogP contribution in [-0.4, -0.2) is 13.0 Å². The van der Waals surface area contributed by atoms with Crippen molar-refractivity contribution in [1.29, 1.82) is 0 Å². The van der Waals surface area contributed by atoms with E-state index in [1.54, 1.807) is 12.1 Å². The van der Waals surface area contributed by atoms with Crippen LogP contribution < -0.4 is 15.8 Å². The fourth-order valence-electron chi connectivity index (χ4n) is 2.32. The number of nitrogens with two attached hydrogens (primary N) is 1. The molecule has 0 aliphatic carbocycles. The number of halogens is 3. The summed E-state index contributed by atoms with van der Waals surface area (Å²) in [5.74, 6) is -0.452. The van der Waals surface area contributed by atoms with Crippen molar-refractivity contribution in [2.75, 3.05) is 7.11 Å². The highest BCUT2D eigenvalue weighted by atomic mass is 19.4. The van der Waals surface area contributed by atoms with Crippen LogP contribution in [0.3, 0.4) is 0 Å². The fraction of sp³-hybridized carbons (Fsp3) is 0.278. The van der Waals surface area contributed by atoms with E-state index >= 15 is 0 Å². The van der Waals surface area contributed by atoms with Gasteiger partial charge in [0.05, 0.1) is 12.7 Å². The highest BCUT2D eigenvalue weighted by Crippen LogP contribution is 2.34. The zero-order valence-corrected chi connectivity index (χ0v) is 13.9. The molecule has 0 saturated heterocycles. The van der Waals surface area contributed by atoms with Crippen molar-refractivity contribution >= 4 is 5.91 Å². The van der Waals surface area contributed by atoms with Crippen molar-refractivity contribution < 1.29 is 22.7 Å². The van der Waals surface area contributed by atoms with Crippen molar-refractivity contribution in [3.63, 3.8) is 0 Å². The average Bonchev–Trinajstić information content (AvgIpc) is 2.58. The van der Waals surface area contributed by atoms with Crippen molar-refractivity contribution in [3.05, 3.63) is 64.7 Å². The van der Waals surface area contributed by atoms with Gasteiger partial charge in [0, 0.05) is 6.54 Å². The molecule has 1 atom stereocenters. The van der Waals surface area contributed by atoms with Crippen LogP contribution in [0.2, 0.25) is 0 Å². The molecule has 0 aliphatic rings. The van der Waals surface area contributed by atoms with Gasteiger partial charge in [-0.1, -0.05) is 35.9 Å². The minimum atomic E-state index is -4.55. The Kier molecular flexibility index (Phi) is 5.69. The number of methoxy groups -OCH3 is 1. The maximum atomic E-state index is 13.2. The number of ether oxygens (including phenoxy) is 1. The lowest BCUT2D eigenvalue weighted by molar-refractivity contribution is -0.138. The average molecular weight is 352 g/mol. The Bertz CT molecular complexity index is 743. The number of carbonyl (C=O) groups is 1. The molecule has 4 nitrogen and oxygen atoms in total. The Morgan fingerprint density at radius 3 is 2.40 bits per heavy atom. The summed E-state index contributed by atoms with van der Waals surface area (Å²) in [6.07, 6.45) is -4.55. The van der Waals surface area contributed by atoms with E-state index in [1.807, 2.05) is 19.1 Å². The number of nitrogens with one attached hydrogen (secondary N) is 1. The van der Waals surface area contributed by atoms with Crippen LogP contribution in [0, 0.1) is 6.92 Å². The van der Waals surface area contributed by atoms with Crippen LogP contribution in [0.4, 0.5) is 13.2 Å². The van der Waals surface area contributed by atoms with Crippen molar-refractivity contribution in [2.45, 2.75) is 25.7 Å². The van der Waals surface area contributed by atoms with Gasteiger partial charge in [-0.25, -0.2) is 0 Å². The van der Waals surface area contributed by atoms with Gasteiger partial charge < -0.3 is 15.8 Å². The molecule has 2 aromatic carbocycles. The van der Waals surface area contributed by atoms with E-state index in [0.717, 1.165) is 11.6 Å². The molecule has 2 rings (SSSR count). The summed E-state index contributed by atoms with van der Waals surface area (Å²) in [6.45, 7) is 1.62.